The van der Waals surface area contributed by atoms with E-state index in [1.165, 1.54) is 18.7 Å². The Morgan fingerprint density at radius 3 is 2.22 bits per heavy atom. The molecule has 0 radical (unpaired) electrons. The van der Waals surface area contributed by atoms with Crippen LogP contribution in [0.2, 0.25) is 0 Å². The minimum absolute atomic E-state index is 0.0347. The van der Waals surface area contributed by atoms with Crippen LogP contribution in [0.1, 0.15) is 37.5 Å². The lowest BCUT2D eigenvalue weighted by atomic mass is 9.99. The first-order valence-corrected chi connectivity index (χ1v) is 11.6. The van der Waals surface area contributed by atoms with Crippen LogP contribution in [0.4, 0.5) is 26.3 Å². The van der Waals surface area contributed by atoms with E-state index in [0.29, 0.717) is 6.07 Å². The Kier molecular flexibility index (Phi) is 11.5. The molecule has 2 rings (SSSR count). The quantitative estimate of drug-likeness (QED) is 0.314. The largest absolute Gasteiger partial charge is 0.416 e. The Bertz CT molecular complexity index is 1120. The number of halogens is 6. The average molecular weight is 531 g/mol. The topological polar surface area (TPSA) is 41.5 Å². The van der Waals surface area contributed by atoms with Crippen LogP contribution in [0.3, 0.4) is 0 Å². The molecule has 1 N–H and O–H groups in total. The SMILES string of the molecule is C=C(NC)/C(=C\C1=CC(=C/C)/C(=NC)C=C1)SC(C)=O.CCc1ccc(C(F)(F)F)cc1C(F)(F)F. The molecule has 1 aromatic carbocycles. The summed E-state index contributed by atoms with van der Waals surface area (Å²) in [5, 5.41) is 3.02. The molecular weight excluding hydrogens is 502 g/mol. The smallest absolute Gasteiger partial charge is 0.388 e. The number of alkyl halides is 6. The summed E-state index contributed by atoms with van der Waals surface area (Å²) in [6, 6.07) is 1.68. The van der Waals surface area contributed by atoms with Crippen molar-refractivity contribution in [2.24, 2.45) is 4.99 Å². The summed E-state index contributed by atoms with van der Waals surface area (Å²) in [6.45, 7) is 8.91. The highest BCUT2D eigenvalue weighted by Crippen LogP contribution is 2.37. The van der Waals surface area contributed by atoms with Crippen molar-refractivity contribution >= 4 is 22.6 Å². The van der Waals surface area contributed by atoms with Crippen LogP contribution in [0, 0.1) is 0 Å². The maximum atomic E-state index is 12.4. The van der Waals surface area contributed by atoms with Crippen LogP contribution in [-0.4, -0.2) is 24.9 Å². The second-order valence-corrected chi connectivity index (χ2v) is 8.60. The van der Waals surface area contributed by atoms with Crippen molar-refractivity contribution in [2.75, 3.05) is 14.1 Å². The zero-order chi connectivity index (χ0) is 27.7. The van der Waals surface area contributed by atoms with Gasteiger partial charge in [-0.25, -0.2) is 0 Å². The van der Waals surface area contributed by atoms with Crippen molar-refractivity contribution in [3.05, 3.63) is 93.6 Å². The number of carbonyl (C=O) groups excluding carboxylic acids is 1. The standard InChI is InChI=1S/C16H20N2OS.C10H8F6/c1-6-14-9-13(7-8-15(14)18-5)10-16(11(2)17-4)20-12(3)19;1-2-6-3-4-7(9(11,12)13)5-8(6)10(14,15)16/h6-10,17H,2H2,1,3-5H3;3-5H,2H2,1H3/b14-6-,16-10+,18-15?;. The van der Waals surface area contributed by atoms with E-state index in [9.17, 15) is 31.1 Å². The molecule has 0 unspecified atom stereocenters. The van der Waals surface area contributed by atoms with E-state index in [2.05, 4.69) is 16.9 Å². The number of hydrogen-bond acceptors (Lipinski definition) is 4. The number of aliphatic imine (C=N–C) groups is 1. The first-order chi connectivity index (χ1) is 16.7. The predicted octanol–water partition coefficient (Wildman–Crippen LogP) is 7.68. The van der Waals surface area contributed by atoms with E-state index in [1.54, 1.807) is 21.0 Å². The number of nitrogens with zero attached hydrogens (tertiary/aromatic N) is 1. The van der Waals surface area contributed by atoms with Gasteiger partial charge in [-0.05, 0) is 60.4 Å². The van der Waals surface area contributed by atoms with Gasteiger partial charge in [0.2, 0.25) is 0 Å². The summed E-state index contributed by atoms with van der Waals surface area (Å²) in [5.41, 5.74) is 1.14. The van der Waals surface area contributed by atoms with Crippen molar-refractivity contribution in [3.8, 4) is 0 Å². The van der Waals surface area contributed by atoms with E-state index in [1.807, 2.05) is 37.3 Å². The van der Waals surface area contributed by atoms with Crippen molar-refractivity contribution in [2.45, 2.75) is 39.5 Å². The maximum Gasteiger partial charge on any atom is 0.416 e. The summed E-state index contributed by atoms with van der Waals surface area (Å²) in [4.78, 5) is 16.4. The van der Waals surface area contributed by atoms with Crippen LogP contribution < -0.4 is 5.32 Å². The van der Waals surface area contributed by atoms with Gasteiger partial charge in [-0.2, -0.15) is 26.3 Å². The summed E-state index contributed by atoms with van der Waals surface area (Å²) in [7, 11) is 3.57. The molecular formula is C26H28F6N2OS. The molecule has 36 heavy (non-hydrogen) atoms. The summed E-state index contributed by atoms with van der Waals surface area (Å²) < 4.78 is 74.0. The Balaban J connectivity index is 0.000000369. The third-order valence-corrected chi connectivity index (χ3v) is 5.75. The number of thioether (sulfide) groups is 1. The molecule has 0 heterocycles. The third-order valence-electron chi connectivity index (χ3n) is 4.88. The lowest BCUT2D eigenvalue weighted by Gasteiger charge is -2.14. The number of aryl methyl sites for hydroxylation is 1. The highest BCUT2D eigenvalue weighted by Gasteiger charge is 2.37. The third kappa shape index (κ3) is 9.22. The van der Waals surface area contributed by atoms with E-state index in [-0.39, 0.29) is 23.2 Å². The number of allylic oxidation sites excluding steroid dienone is 7. The van der Waals surface area contributed by atoms with Gasteiger partial charge in [0.1, 0.15) is 0 Å². The van der Waals surface area contributed by atoms with Crippen molar-refractivity contribution in [1.82, 2.24) is 5.32 Å². The van der Waals surface area contributed by atoms with Gasteiger partial charge in [-0.1, -0.05) is 43.5 Å². The minimum Gasteiger partial charge on any atom is -0.388 e. The van der Waals surface area contributed by atoms with E-state index in [4.69, 9.17) is 0 Å². The predicted molar refractivity (Wildman–Crippen MR) is 135 cm³/mol. The van der Waals surface area contributed by atoms with Crippen molar-refractivity contribution in [3.63, 3.8) is 0 Å². The Labute approximate surface area is 211 Å². The van der Waals surface area contributed by atoms with Crippen molar-refractivity contribution in [1.29, 1.82) is 0 Å². The fourth-order valence-electron chi connectivity index (χ4n) is 3.03. The molecule has 0 saturated carbocycles. The number of nitrogens with one attached hydrogen (secondary N) is 1. The lowest BCUT2D eigenvalue weighted by molar-refractivity contribution is -0.143. The van der Waals surface area contributed by atoms with Gasteiger partial charge in [-0.3, -0.25) is 9.79 Å². The van der Waals surface area contributed by atoms with Gasteiger partial charge in [0.05, 0.1) is 16.8 Å². The monoisotopic (exact) mass is 530 g/mol. The molecule has 1 aliphatic rings. The van der Waals surface area contributed by atoms with Gasteiger partial charge >= 0.3 is 12.4 Å². The molecule has 10 heteroatoms. The molecule has 0 atom stereocenters. The Morgan fingerprint density at radius 2 is 1.78 bits per heavy atom. The van der Waals surface area contributed by atoms with Gasteiger partial charge in [-0.15, -0.1) is 0 Å². The van der Waals surface area contributed by atoms with Crippen LogP contribution in [-0.2, 0) is 23.6 Å². The average Bonchev–Trinajstić information content (AvgIpc) is 2.81. The second kappa shape index (κ2) is 13.3. The highest BCUT2D eigenvalue weighted by atomic mass is 32.2. The van der Waals surface area contributed by atoms with Gasteiger partial charge < -0.3 is 5.32 Å². The number of likely N-dealkylation sites (N-methyl/N-ethyl adjacent to an activating group) is 1. The van der Waals surface area contributed by atoms with E-state index in [0.717, 1.165) is 33.5 Å². The molecule has 1 aromatic rings. The van der Waals surface area contributed by atoms with Gasteiger partial charge in [0.15, 0.2) is 5.12 Å². The molecule has 0 saturated heterocycles. The molecule has 1 aliphatic carbocycles. The molecule has 3 nitrogen and oxygen atoms in total. The van der Waals surface area contributed by atoms with Crippen LogP contribution >= 0.6 is 11.8 Å². The number of hydrogen-bond donors (Lipinski definition) is 1. The minimum atomic E-state index is -4.76. The zero-order valence-corrected chi connectivity index (χ0v) is 21.4. The fraction of sp³-hybridized carbons (Fsp3) is 0.308. The molecule has 0 spiro atoms. The Hall–Kier alpha value is -3.01. The van der Waals surface area contributed by atoms with Crippen LogP contribution in [0.5, 0.6) is 0 Å². The molecule has 0 bridgehead atoms. The number of carbonyl (C=O) groups is 1. The summed E-state index contributed by atoms with van der Waals surface area (Å²) in [6.07, 6.45) is 0.498. The first-order valence-electron chi connectivity index (χ1n) is 10.8. The summed E-state index contributed by atoms with van der Waals surface area (Å²) in [5.74, 6) is 0. The lowest BCUT2D eigenvalue weighted by Crippen LogP contribution is -2.13. The Morgan fingerprint density at radius 1 is 1.14 bits per heavy atom. The highest BCUT2D eigenvalue weighted by molar-refractivity contribution is 8.17. The van der Waals surface area contributed by atoms with Crippen LogP contribution in [0.15, 0.2) is 81.9 Å². The molecule has 0 aliphatic heterocycles. The second-order valence-electron chi connectivity index (χ2n) is 7.38. The first kappa shape index (κ1) is 31.0. The summed E-state index contributed by atoms with van der Waals surface area (Å²) >= 11 is 1.18. The molecule has 196 valence electrons. The van der Waals surface area contributed by atoms with Gasteiger partial charge in [0, 0.05) is 31.6 Å². The molecule has 0 fully saturated rings. The van der Waals surface area contributed by atoms with E-state index < -0.39 is 23.5 Å². The maximum absolute atomic E-state index is 12.4. The van der Waals surface area contributed by atoms with Crippen molar-refractivity contribution < 1.29 is 31.1 Å². The van der Waals surface area contributed by atoms with E-state index >= 15 is 0 Å². The fourth-order valence-corrected chi connectivity index (χ4v) is 3.76. The normalized spacial score (nSPS) is 16.4. The van der Waals surface area contributed by atoms with Gasteiger partial charge in [0.25, 0.3) is 0 Å². The molecule has 0 aromatic heterocycles. The molecule has 0 amide bonds. The number of rotatable bonds is 5. The number of benzene rings is 1. The zero-order valence-electron chi connectivity index (χ0n) is 20.6. The van der Waals surface area contributed by atoms with Crippen LogP contribution in [0.25, 0.3) is 0 Å².